The van der Waals surface area contributed by atoms with Crippen molar-refractivity contribution in [3.05, 3.63) is 83.4 Å². The van der Waals surface area contributed by atoms with E-state index in [2.05, 4.69) is 15.3 Å². The van der Waals surface area contributed by atoms with E-state index < -0.39 is 0 Å². The molecular formula is C18H14ClN3O2. The zero-order valence-electron chi connectivity index (χ0n) is 12.6. The number of halogens is 1. The number of nitrogens with zero attached hydrogens (tertiary/aromatic N) is 2. The van der Waals surface area contributed by atoms with Crippen molar-refractivity contribution in [1.82, 2.24) is 9.97 Å². The van der Waals surface area contributed by atoms with Gasteiger partial charge in [0.25, 0.3) is 5.91 Å². The second-order valence-electron chi connectivity index (χ2n) is 4.97. The Hall–Kier alpha value is -2.92. The Morgan fingerprint density at radius 2 is 1.92 bits per heavy atom. The van der Waals surface area contributed by atoms with Crippen LogP contribution in [0.1, 0.15) is 15.9 Å². The molecular weight excluding hydrogens is 326 g/mol. The molecule has 3 rings (SSSR count). The van der Waals surface area contributed by atoms with Gasteiger partial charge in [0.15, 0.2) is 0 Å². The molecule has 0 saturated heterocycles. The van der Waals surface area contributed by atoms with Crippen molar-refractivity contribution >= 4 is 23.2 Å². The SMILES string of the molecule is O=C(Nc1ccc(Cl)c(COc2cccnc2)c1)c1ccncc1. The van der Waals surface area contributed by atoms with Crippen molar-refractivity contribution in [1.29, 1.82) is 0 Å². The predicted octanol–water partition coefficient (Wildman–Crippen LogP) is 3.96. The van der Waals surface area contributed by atoms with Crippen LogP contribution in [0.3, 0.4) is 0 Å². The van der Waals surface area contributed by atoms with E-state index in [1.165, 1.54) is 0 Å². The molecule has 3 aromatic rings. The lowest BCUT2D eigenvalue weighted by Gasteiger charge is -2.10. The average molecular weight is 340 g/mol. The van der Waals surface area contributed by atoms with Crippen LogP contribution in [0.4, 0.5) is 5.69 Å². The zero-order chi connectivity index (χ0) is 16.8. The first-order valence-corrected chi connectivity index (χ1v) is 7.63. The Bertz CT molecular complexity index is 826. The molecule has 0 atom stereocenters. The average Bonchev–Trinajstić information content (AvgIpc) is 2.63. The first kappa shape index (κ1) is 16.0. The van der Waals surface area contributed by atoms with Gasteiger partial charge in [0.2, 0.25) is 0 Å². The summed E-state index contributed by atoms with van der Waals surface area (Å²) in [6.07, 6.45) is 6.45. The smallest absolute Gasteiger partial charge is 0.255 e. The summed E-state index contributed by atoms with van der Waals surface area (Å²) in [5.41, 5.74) is 1.95. The van der Waals surface area contributed by atoms with Gasteiger partial charge >= 0.3 is 0 Å². The van der Waals surface area contributed by atoms with Crippen molar-refractivity contribution in [2.75, 3.05) is 5.32 Å². The quantitative estimate of drug-likeness (QED) is 0.764. The van der Waals surface area contributed by atoms with E-state index >= 15 is 0 Å². The highest BCUT2D eigenvalue weighted by Gasteiger charge is 2.08. The lowest BCUT2D eigenvalue weighted by atomic mass is 10.2. The second-order valence-corrected chi connectivity index (χ2v) is 5.38. The summed E-state index contributed by atoms with van der Waals surface area (Å²) in [7, 11) is 0. The summed E-state index contributed by atoms with van der Waals surface area (Å²) >= 11 is 6.20. The van der Waals surface area contributed by atoms with Crippen LogP contribution in [0.15, 0.2) is 67.3 Å². The maximum absolute atomic E-state index is 12.2. The number of ether oxygens (including phenoxy) is 1. The van der Waals surface area contributed by atoms with Gasteiger partial charge in [-0.05, 0) is 42.5 Å². The van der Waals surface area contributed by atoms with E-state index in [1.54, 1.807) is 61.2 Å². The topological polar surface area (TPSA) is 64.1 Å². The molecule has 2 heterocycles. The largest absolute Gasteiger partial charge is 0.487 e. The van der Waals surface area contributed by atoms with E-state index in [0.29, 0.717) is 22.0 Å². The summed E-state index contributed by atoms with van der Waals surface area (Å²) in [6, 6.07) is 12.2. The highest BCUT2D eigenvalue weighted by atomic mass is 35.5. The van der Waals surface area contributed by atoms with Crippen molar-refractivity contribution < 1.29 is 9.53 Å². The van der Waals surface area contributed by atoms with Crippen LogP contribution in [-0.4, -0.2) is 15.9 Å². The molecule has 0 bridgehead atoms. The lowest BCUT2D eigenvalue weighted by Crippen LogP contribution is -2.12. The number of benzene rings is 1. The van der Waals surface area contributed by atoms with Gasteiger partial charge in [0.1, 0.15) is 12.4 Å². The number of hydrogen-bond acceptors (Lipinski definition) is 4. The maximum atomic E-state index is 12.2. The van der Waals surface area contributed by atoms with Crippen molar-refractivity contribution in [3.63, 3.8) is 0 Å². The molecule has 0 radical (unpaired) electrons. The molecule has 0 unspecified atom stereocenters. The summed E-state index contributed by atoms with van der Waals surface area (Å²) in [6.45, 7) is 0.281. The fraction of sp³-hybridized carbons (Fsp3) is 0.0556. The number of aromatic nitrogens is 2. The van der Waals surface area contributed by atoms with Crippen LogP contribution in [0.25, 0.3) is 0 Å². The number of pyridine rings is 2. The number of hydrogen-bond donors (Lipinski definition) is 1. The number of carbonyl (C=O) groups is 1. The Kier molecular flexibility index (Phi) is 5.03. The minimum Gasteiger partial charge on any atom is -0.487 e. The van der Waals surface area contributed by atoms with Gasteiger partial charge in [-0.1, -0.05) is 11.6 Å². The lowest BCUT2D eigenvalue weighted by molar-refractivity contribution is 0.102. The van der Waals surface area contributed by atoms with Gasteiger partial charge < -0.3 is 10.1 Å². The van der Waals surface area contributed by atoms with Crippen LogP contribution >= 0.6 is 11.6 Å². The zero-order valence-corrected chi connectivity index (χ0v) is 13.4. The Balaban J connectivity index is 1.70. The molecule has 0 fully saturated rings. The molecule has 0 aliphatic rings. The Morgan fingerprint density at radius 3 is 2.67 bits per heavy atom. The number of carbonyl (C=O) groups excluding carboxylic acids is 1. The third-order valence-electron chi connectivity index (χ3n) is 3.27. The third-order valence-corrected chi connectivity index (χ3v) is 3.64. The molecule has 0 aliphatic carbocycles. The molecule has 0 aliphatic heterocycles. The van der Waals surface area contributed by atoms with Gasteiger partial charge in [-0.25, -0.2) is 0 Å². The highest BCUT2D eigenvalue weighted by Crippen LogP contribution is 2.22. The molecule has 120 valence electrons. The molecule has 1 N–H and O–H groups in total. The monoisotopic (exact) mass is 339 g/mol. The minimum atomic E-state index is -0.209. The summed E-state index contributed by atoms with van der Waals surface area (Å²) < 4.78 is 5.65. The third kappa shape index (κ3) is 4.08. The molecule has 1 aromatic carbocycles. The van der Waals surface area contributed by atoms with Crippen LogP contribution < -0.4 is 10.1 Å². The molecule has 24 heavy (non-hydrogen) atoms. The first-order chi connectivity index (χ1) is 11.7. The summed E-state index contributed by atoms with van der Waals surface area (Å²) in [4.78, 5) is 20.1. The molecule has 1 amide bonds. The van der Waals surface area contributed by atoms with Crippen molar-refractivity contribution in [3.8, 4) is 5.75 Å². The standard InChI is InChI=1S/C18H14ClN3O2/c19-17-4-3-15(22-18(23)13-5-8-20-9-6-13)10-14(17)12-24-16-2-1-7-21-11-16/h1-11H,12H2,(H,22,23). The Labute approximate surface area is 144 Å². The fourth-order valence-corrected chi connectivity index (χ4v) is 2.24. The van der Waals surface area contributed by atoms with E-state index in [0.717, 1.165) is 5.56 Å². The summed E-state index contributed by atoms with van der Waals surface area (Å²) in [5.74, 6) is 0.443. The molecule has 2 aromatic heterocycles. The van der Waals surface area contributed by atoms with Gasteiger partial charge in [0.05, 0.1) is 6.20 Å². The summed E-state index contributed by atoms with van der Waals surface area (Å²) in [5, 5.41) is 3.40. The molecule has 6 heteroatoms. The van der Waals surface area contributed by atoms with Crippen molar-refractivity contribution in [2.24, 2.45) is 0 Å². The first-order valence-electron chi connectivity index (χ1n) is 7.25. The van der Waals surface area contributed by atoms with E-state index in [-0.39, 0.29) is 12.5 Å². The van der Waals surface area contributed by atoms with E-state index in [1.807, 2.05) is 6.07 Å². The molecule has 0 spiro atoms. The fourth-order valence-electron chi connectivity index (χ4n) is 2.06. The number of amides is 1. The van der Waals surface area contributed by atoms with E-state index in [4.69, 9.17) is 16.3 Å². The maximum Gasteiger partial charge on any atom is 0.255 e. The van der Waals surface area contributed by atoms with Gasteiger partial charge in [-0.15, -0.1) is 0 Å². The van der Waals surface area contributed by atoms with Crippen LogP contribution in [0.5, 0.6) is 5.75 Å². The van der Waals surface area contributed by atoms with Gasteiger partial charge in [-0.2, -0.15) is 0 Å². The van der Waals surface area contributed by atoms with Gasteiger partial charge in [-0.3, -0.25) is 14.8 Å². The van der Waals surface area contributed by atoms with Crippen molar-refractivity contribution in [2.45, 2.75) is 6.61 Å². The normalized spacial score (nSPS) is 10.2. The number of anilines is 1. The Morgan fingerprint density at radius 1 is 1.08 bits per heavy atom. The number of nitrogens with one attached hydrogen (secondary N) is 1. The number of rotatable bonds is 5. The van der Waals surface area contributed by atoms with Gasteiger partial charge in [0, 0.05) is 40.4 Å². The highest BCUT2D eigenvalue weighted by molar-refractivity contribution is 6.31. The molecule has 0 saturated carbocycles. The predicted molar refractivity (Wildman–Crippen MR) is 92.2 cm³/mol. The second kappa shape index (κ2) is 7.57. The minimum absolute atomic E-state index is 0.209. The van der Waals surface area contributed by atoms with Crippen LogP contribution in [0.2, 0.25) is 5.02 Å². The van der Waals surface area contributed by atoms with E-state index in [9.17, 15) is 4.79 Å². The molecule has 5 nitrogen and oxygen atoms in total. The van der Waals surface area contributed by atoms with Crippen LogP contribution in [-0.2, 0) is 6.61 Å². The van der Waals surface area contributed by atoms with Crippen LogP contribution in [0, 0.1) is 0 Å².